The molecule has 3 saturated carbocycles. The van der Waals surface area contributed by atoms with Gasteiger partial charge < -0.3 is 74.0 Å². The molecule has 3 aliphatic heterocycles. The Morgan fingerprint density at radius 1 is 0.768 bits per heavy atom. The second-order valence-electron chi connectivity index (χ2n) is 18.2. The zero-order valence-corrected chi connectivity index (χ0v) is 33.2. The van der Waals surface area contributed by atoms with E-state index in [1.165, 1.54) is 19.4 Å². The van der Waals surface area contributed by atoms with E-state index in [0.29, 0.717) is 30.6 Å². The zero-order valence-electron chi connectivity index (χ0n) is 33.2. The van der Waals surface area contributed by atoms with Crippen LogP contribution in [-0.4, -0.2) is 165 Å². The molecule has 3 saturated heterocycles. The van der Waals surface area contributed by atoms with Crippen LogP contribution >= 0.6 is 0 Å². The highest BCUT2D eigenvalue weighted by Gasteiger charge is 2.63. The van der Waals surface area contributed by atoms with Crippen molar-refractivity contribution in [3.8, 4) is 0 Å². The Kier molecular flexibility index (Phi) is 12.5. The lowest BCUT2D eigenvalue weighted by atomic mass is 9.47. The maximum atomic E-state index is 12.9. The van der Waals surface area contributed by atoms with Crippen molar-refractivity contribution >= 4 is 5.78 Å². The van der Waals surface area contributed by atoms with Crippen molar-refractivity contribution in [2.45, 2.75) is 184 Å². The number of Topliss-reactive ketones (excluding diaryl/α,β-unsaturated/α-hetero) is 1. The molecule has 3 heterocycles. The lowest BCUT2D eigenvalue weighted by Crippen LogP contribution is -2.66. The summed E-state index contributed by atoms with van der Waals surface area (Å²) in [6.45, 7) is 8.64. The standard InChI is InChI=1S/C40H64O16/c1-16(42)26-24(50-6)14-23-21-8-7-19-13-20(9-11-39(19,4)22(21)10-12-40(23,26)5)53-38-35(56-37-32(48)30(46)28(44)18(3)52-37)33(49)34(25(15-41)54-38)55-36-31(47)29(45)27(43)17(2)51-36/h7,17-18,20-38,41,43-49H,8-15H2,1-6H3. The minimum absolute atomic E-state index is 0.0719. The molecule has 320 valence electrons. The van der Waals surface area contributed by atoms with Crippen LogP contribution < -0.4 is 0 Å². The maximum absolute atomic E-state index is 12.9. The molecular weight excluding hydrogens is 736 g/mol. The van der Waals surface area contributed by atoms with Crippen molar-refractivity contribution in [1.82, 2.24) is 0 Å². The van der Waals surface area contributed by atoms with E-state index in [1.54, 1.807) is 14.0 Å². The first kappa shape index (κ1) is 42.9. The summed E-state index contributed by atoms with van der Waals surface area (Å²) in [7, 11) is 1.71. The minimum atomic E-state index is -1.72. The number of hydrogen-bond acceptors (Lipinski definition) is 16. The highest BCUT2D eigenvalue weighted by atomic mass is 16.8. The van der Waals surface area contributed by atoms with E-state index in [-0.39, 0.29) is 28.6 Å². The molecule has 7 rings (SSSR count). The zero-order chi connectivity index (χ0) is 40.6. The molecule has 0 spiro atoms. The highest BCUT2D eigenvalue weighted by Crippen LogP contribution is 2.66. The Labute approximate surface area is 328 Å². The van der Waals surface area contributed by atoms with Gasteiger partial charge in [-0.1, -0.05) is 25.5 Å². The van der Waals surface area contributed by atoms with E-state index in [2.05, 4.69) is 19.9 Å². The van der Waals surface area contributed by atoms with Gasteiger partial charge in [-0.05, 0) is 94.3 Å². The number of allylic oxidation sites excluding steroid dienone is 1. The van der Waals surface area contributed by atoms with E-state index in [4.69, 9.17) is 33.2 Å². The van der Waals surface area contributed by atoms with Crippen LogP contribution in [0.1, 0.15) is 79.6 Å². The van der Waals surface area contributed by atoms with Crippen molar-refractivity contribution in [2.24, 2.45) is 34.5 Å². The molecule has 16 nitrogen and oxygen atoms in total. The Balaban J connectivity index is 1.11. The van der Waals surface area contributed by atoms with Crippen molar-refractivity contribution < 1.29 is 78.8 Å². The van der Waals surface area contributed by atoms with Crippen LogP contribution in [0.15, 0.2) is 11.6 Å². The third kappa shape index (κ3) is 7.25. The van der Waals surface area contributed by atoms with Crippen LogP contribution in [0.5, 0.6) is 0 Å². The minimum Gasteiger partial charge on any atom is -0.394 e. The van der Waals surface area contributed by atoms with Gasteiger partial charge in [0, 0.05) is 13.0 Å². The highest BCUT2D eigenvalue weighted by molar-refractivity contribution is 5.80. The molecule has 0 radical (unpaired) electrons. The number of ether oxygens (including phenoxy) is 7. The smallest absolute Gasteiger partial charge is 0.187 e. The summed E-state index contributed by atoms with van der Waals surface area (Å²) in [5.74, 6) is 1.33. The molecule has 23 unspecified atom stereocenters. The average Bonchev–Trinajstić information content (AvgIpc) is 3.49. The number of methoxy groups -OCH3 is 1. The van der Waals surface area contributed by atoms with Crippen LogP contribution in [0.3, 0.4) is 0 Å². The normalized spacial score (nSPS) is 54.8. The molecule has 0 bridgehead atoms. The number of aliphatic hydroxyl groups is 8. The maximum Gasteiger partial charge on any atom is 0.187 e. The molecule has 0 aromatic rings. The molecule has 8 N–H and O–H groups in total. The van der Waals surface area contributed by atoms with E-state index in [9.17, 15) is 45.6 Å². The van der Waals surface area contributed by atoms with Gasteiger partial charge in [0.05, 0.1) is 31.0 Å². The van der Waals surface area contributed by atoms with Crippen LogP contribution in [0.4, 0.5) is 0 Å². The molecule has 7 aliphatic rings. The average molecular weight is 801 g/mol. The van der Waals surface area contributed by atoms with Gasteiger partial charge in [-0.2, -0.15) is 0 Å². The van der Waals surface area contributed by atoms with E-state index in [0.717, 1.165) is 32.1 Å². The van der Waals surface area contributed by atoms with Gasteiger partial charge >= 0.3 is 0 Å². The van der Waals surface area contributed by atoms with Gasteiger partial charge in [-0.15, -0.1) is 0 Å². The molecular formula is C40H64O16. The largest absolute Gasteiger partial charge is 0.394 e. The number of ketones is 1. The van der Waals surface area contributed by atoms with Crippen LogP contribution in [0, 0.1) is 34.5 Å². The van der Waals surface area contributed by atoms with E-state index in [1.807, 2.05) is 0 Å². The lowest BCUT2D eigenvalue weighted by molar-refractivity contribution is -0.388. The molecule has 16 heteroatoms. The second-order valence-corrected chi connectivity index (χ2v) is 18.2. The monoisotopic (exact) mass is 800 g/mol. The second kappa shape index (κ2) is 16.3. The number of aliphatic hydroxyl groups excluding tert-OH is 8. The number of fused-ring (bicyclic) bond motifs is 5. The first-order chi connectivity index (χ1) is 26.4. The van der Waals surface area contributed by atoms with Crippen molar-refractivity contribution in [3.05, 3.63) is 11.6 Å². The van der Waals surface area contributed by atoms with Gasteiger partial charge in [-0.25, -0.2) is 0 Å². The van der Waals surface area contributed by atoms with Gasteiger partial charge in [0.25, 0.3) is 0 Å². The number of hydrogen-bond donors (Lipinski definition) is 8. The molecule has 0 amide bonds. The number of rotatable bonds is 9. The first-order valence-corrected chi connectivity index (χ1v) is 20.5. The Bertz CT molecular complexity index is 1430. The topological polar surface area (TPSA) is 244 Å². The van der Waals surface area contributed by atoms with Crippen LogP contribution in [0.25, 0.3) is 0 Å². The molecule has 23 atom stereocenters. The fourth-order valence-electron chi connectivity index (χ4n) is 11.9. The predicted molar refractivity (Wildman–Crippen MR) is 193 cm³/mol. The molecule has 4 aliphatic carbocycles. The van der Waals surface area contributed by atoms with E-state index < -0.39 is 105 Å². The van der Waals surface area contributed by atoms with Crippen molar-refractivity contribution in [1.29, 1.82) is 0 Å². The number of carbonyl (C=O) groups is 1. The summed E-state index contributed by atoms with van der Waals surface area (Å²) in [6, 6.07) is 0. The lowest BCUT2D eigenvalue weighted by Gasteiger charge is -2.58. The quantitative estimate of drug-likeness (QED) is 0.139. The fourth-order valence-corrected chi connectivity index (χ4v) is 11.9. The Morgan fingerprint density at radius 2 is 1.38 bits per heavy atom. The van der Waals surface area contributed by atoms with Gasteiger partial charge in [0.2, 0.25) is 0 Å². The number of carbonyl (C=O) groups excluding carboxylic acids is 1. The first-order valence-electron chi connectivity index (χ1n) is 20.5. The molecule has 0 aromatic carbocycles. The van der Waals surface area contributed by atoms with Gasteiger partial charge in [-0.3, -0.25) is 4.79 Å². The molecule has 6 fully saturated rings. The van der Waals surface area contributed by atoms with Gasteiger partial charge in [0.1, 0.15) is 66.8 Å². The summed E-state index contributed by atoms with van der Waals surface area (Å²) in [4.78, 5) is 12.9. The Morgan fingerprint density at radius 3 is 1.95 bits per heavy atom. The Hall–Kier alpha value is -1.19. The summed E-state index contributed by atoms with van der Waals surface area (Å²) >= 11 is 0. The summed E-state index contributed by atoms with van der Waals surface area (Å²) in [5.41, 5.74) is 1.10. The third-order valence-electron chi connectivity index (χ3n) is 15.1. The fraction of sp³-hybridized carbons (Fsp3) is 0.925. The summed E-state index contributed by atoms with van der Waals surface area (Å²) in [5, 5.41) is 85.4. The van der Waals surface area contributed by atoms with Crippen LogP contribution in [0.2, 0.25) is 0 Å². The molecule has 0 aromatic heterocycles. The van der Waals surface area contributed by atoms with Crippen molar-refractivity contribution in [2.75, 3.05) is 13.7 Å². The van der Waals surface area contributed by atoms with E-state index >= 15 is 0 Å². The SMILES string of the molecule is COC1CC2C3CC=C4CC(OC5OC(CO)C(OC6OC(C)C(O)C(O)C6O)C(O)C5OC5OC(C)C(O)C(O)C5O)CCC4(C)C3CCC2(C)C1C(C)=O. The van der Waals surface area contributed by atoms with Crippen LogP contribution in [-0.2, 0) is 38.0 Å². The summed E-state index contributed by atoms with van der Waals surface area (Å²) < 4.78 is 42.2. The summed E-state index contributed by atoms with van der Waals surface area (Å²) in [6.07, 6.45) is -13.9. The third-order valence-corrected chi connectivity index (χ3v) is 15.1. The van der Waals surface area contributed by atoms with Crippen molar-refractivity contribution in [3.63, 3.8) is 0 Å². The predicted octanol–water partition coefficient (Wildman–Crippen LogP) is -0.332. The molecule has 56 heavy (non-hydrogen) atoms. The van der Waals surface area contributed by atoms with Gasteiger partial charge in [0.15, 0.2) is 18.9 Å².